The fourth-order valence-electron chi connectivity index (χ4n) is 1.29. The maximum atomic E-state index is 8.73. The molecule has 0 saturated carbocycles. The second-order valence-electron chi connectivity index (χ2n) is 3.25. The van der Waals surface area contributed by atoms with Crippen LogP contribution < -0.4 is 0 Å². The molecule has 2 aromatic rings. The molecule has 1 aromatic carbocycles. The highest BCUT2D eigenvalue weighted by Gasteiger charge is 1.98. The Morgan fingerprint density at radius 3 is 2.62 bits per heavy atom. The van der Waals surface area contributed by atoms with Gasteiger partial charge < -0.3 is 0 Å². The molecule has 0 aliphatic heterocycles. The Hall–Kier alpha value is -1.79. The molecule has 0 fully saturated rings. The van der Waals surface area contributed by atoms with E-state index in [9.17, 15) is 0 Å². The van der Waals surface area contributed by atoms with Gasteiger partial charge in [-0.25, -0.2) is 4.98 Å². The summed E-state index contributed by atoms with van der Waals surface area (Å²) in [5, 5.41) is 9.62. The van der Waals surface area contributed by atoms with Gasteiger partial charge in [0.1, 0.15) is 11.8 Å². The first-order valence-corrected chi connectivity index (χ1v) is 5.91. The minimum atomic E-state index is 0.470. The average molecular weight is 226 g/mol. The van der Waals surface area contributed by atoms with Crippen LogP contribution in [0.4, 0.5) is 0 Å². The highest BCUT2D eigenvalue weighted by molar-refractivity contribution is 7.98. The lowest BCUT2D eigenvalue weighted by Gasteiger charge is -2.00. The van der Waals surface area contributed by atoms with Gasteiger partial charge in [0, 0.05) is 5.75 Å². The first-order valence-electron chi connectivity index (χ1n) is 4.92. The van der Waals surface area contributed by atoms with Gasteiger partial charge in [-0.3, -0.25) is 0 Å². The fourth-order valence-corrected chi connectivity index (χ4v) is 2.13. The van der Waals surface area contributed by atoms with Crippen LogP contribution in [-0.4, -0.2) is 4.98 Å². The van der Waals surface area contributed by atoms with E-state index in [1.54, 1.807) is 17.8 Å². The van der Waals surface area contributed by atoms with Gasteiger partial charge in [-0.15, -0.1) is 11.8 Å². The summed E-state index contributed by atoms with van der Waals surface area (Å²) in [7, 11) is 0. The van der Waals surface area contributed by atoms with Gasteiger partial charge in [0.15, 0.2) is 0 Å². The summed E-state index contributed by atoms with van der Waals surface area (Å²) < 4.78 is 0. The lowest BCUT2D eigenvalue weighted by Crippen LogP contribution is -1.85. The number of hydrogen-bond acceptors (Lipinski definition) is 3. The Kier molecular flexibility index (Phi) is 3.58. The molecular formula is C13H10N2S. The molecule has 2 rings (SSSR count). The summed E-state index contributed by atoms with van der Waals surface area (Å²) in [5.74, 6) is 0.878. The molecule has 1 heterocycles. The van der Waals surface area contributed by atoms with Crippen LogP contribution in [0.5, 0.6) is 0 Å². The van der Waals surface area contributed by atoms with Crippen LogP contribution in [0.15, 0.2) is 53.6 Å². The van der Waals surface area contributed by atoms with E-state index < -0.39 is 0 Å². The molecule has 0 atom stereocenters. The average Bonchev–Trinajstić information content (AvgIpc) is 2.38. The third kappa shape index (κ3) is 2.85. The number of thioether (sulfide) groups is 1. The van der Waals surface area contributed by atoms with E-state index in [-0.39, 0.29) is 0 Å². The van der Waals surface area contributed by atoms with Gasteiger partial charge in [0.05, 0.1) is 5.03 Å². The number of nitriles is 1. The fraction of sp³-hybridized carbons (Fsp3) is 0.0769. The zero-order valence-corrected chi connectivity index (χ0v) is 9.45. The van der Waals surface area contributed by atoms with Crippen molar-refractivity contribution in [1.29, 1.82) is 5.26 Å². The number of rotatable bonds is 3. The zero-order valence-electron chi connectivity index (χ0n) is 8.63. The molecule has 0 spiro atoms. The van der Waals surface area contributed by atoms with E-state index >= 15 is 0 Å². The van der Waals surface area contributed by atoms with Crippen molar-refractivity contribution < 1.29 is 0 Å². The lowest BCUT2D eigenvalue weighted by atomic mass is 10.2. The Morgan fingerprint density at radius 1 is 1.06 bits per heavy atom. The van der Waals surface area contributed by atoms with Crippen molar-refractivity contribution in [2.24, 2.45) is 0 Å². The van der Waals surface area contributed by atoms with E-state index in [0.29, 0.717) is 5.69 Å². The summed E-state index contributed by atoms with van der Waals surface area (Å²) >= 11 is 1.64. The quantitative estimate of drug-likeness (QED) is 0.754. The number of pyridine rings is 1. The maximum absolute atomic E-state index is 8.73. The summed E-state index contributed by atoms with van der Waals surface area (Å²) in [6, 6.07) is 17.8. The highest BCUT2D eigenvalue weighted by atomic mass is 32.2. The van der Waals surface area contributed by atoms with Crippen molar-refractivity contribution in [2.45, 2.75) is 10.8 Å². The van der Waals surface area contributed by atoms with Crippen LogP contribution in [0.2, 0.25) is 0 Å². The predicted molar refractivity (Wildman–Crippen MR) is 65.0 cm³/mol. The Morgan fingerprint density at radius 2 is 1.88 bits per heavy atom. The van der Waals surface area contributed by atoms with E-state index in [1.807, 2.05) is 36.4 Å². The minimum absolute atomic E-state index is 0.470. The second-order valence-corrected chi connectivity index (χ2v) is 4.24. The van der Waals surface area contributed by atoms with Gasteiger partial charge in [0.2, 0.25) is 0 Å². The standard InChI is InChI=1S/C13H10N2S/c14-9-12-7-4-8-13(15-12)16-10-11-5-2-1-3-6-11/h1-8H,10H2. The molecule has 78 valence electrons. The first-order chi connectivity index (χ1) is 7.88. The van der Waals surface area contributed by atoms with Crippen LogP contribution >= 0.6 is 11.8 Å². The van der Waals surface area contributed by atoms with Gasteiger partial charge >= 0.3 is 0 Å². The summed E-state index contributed by atoms with van der Waals surface area (Å²) in [6.07, 6.45) is 0. The Balaban J connectivity index is 2.03. The topological polar surface area (TPSA) is 36.7 Å². The Bertz CT molecular complexity index is 503. The van der Waals surface area contributed by atoms with Crippen molar-refractivity contribution in [3.63, 3.8) is 0 Å². The molecule has 0 aliphatic rings. The normalized spacial score (nSPS) is 9.69. The van der Waals surface area contributed by atoms with E-state index in [0.717, 1.165) is 10.8 Å². The Labute approximate surface area is 99.0 Å². The monoisotopic (exact) mass is 226 g/mol. The molecule has 0 N–H and O–H groups in total. The van der Waals surface area contributed by atoms with Crippen molar-refractivity contribution in [3.8, 4) is 6.07 Å². The number of aromatic nitrogens is 1. The van der Waals surface area contributed by atoms with Crippen LogP contribution in [-0.2, 0) is 5.75 Å². The predicted octanol–water partition coefficient (Wildman–Crippen LogP) is 3.25. The maximum Gasteiger partial charge on any atom is 0.141 e. The van der Waals surface area contributed by atoms with Gasteiger partial charge in [-0.2, -0.15) is 5.26 Å². The van der Waals surface area contributed by atoms with Crippen LogP contribution in [0.1, 0.15) is 11.3 Å². The number of nitrogens with zero attached hydrogens (tertiary/aromatic N) is 2. The number of hydrogen-bond donors (Lipinski definition) is 0. The smallest absolute Gasteiger partial charge is 0.141 e. The molecule has 16 heavy (non-hydrogen) atoms. The highest BCUT2D eigenvalue weighted by Crippen LogP contribution is 2.20. The number of benzene rings is 1. The van der Waals surface area contributed by atoms with E-state index in [2.05, 4.69) is 17.1 Å². The molecule has 0 saturated heterocycles. The van der Waals surface area contributed by atoms with Crippen LogP contribution in [0.25, 0.3) is 0 Å². The van der Waals surface area contributed by atoms with Crippen LogP contribution in [0, 0.1) is 11.3 Å². The molecule has 0 unspecified atom stereocenters. The SMILES string of the molecule is N#Cc1cccc(SCc2ccccc2)n1. The second kappa shape index (κ2) is 5.34. The third-order valence-corrected chi connectivity index (χ3v) is 3.07. The van der Waals surface area contributed by atoms with Crippen molar-refractivity contribution in [3.05, 3.63) is 59.8 Å². The summed E-state index contributed by atoms with van der Waals surface area (Å²) in [4.78, 5) is 4.21. The van der Waals surface area contributed by atoms with Crippen molar-refractivity contribution >= 4 is 11.8 Å². The summed E-state index contributed by atoms with van der Waals surface area (Å²) in [6.45, 7) is 0. The van der Waals surface area contributed by atoms with Gasteiger partial charge in [-0.05, 0) is 17.7 Å². The molecule has 0 amide bonds. The molecule has 0 radical (unpaired) electrons. The first kappa shape index (κ1) is 10.7. The van der Waals surface area contributed by atoms with Crippen LogP contribution in [0.3, 0.4) is 0 Å². The summed E-state index contributed by atoms with van der Waals surface area (Å²) in [5.41, 5.74) is 1.73. The van der Waals surface area contributed by atoms with Gasteiger partial charge in [-0.1, -0.05) is 36.4 Å². The lowest BCUT2D eigenvalue weighted by molar-refractivity contribution is 1.10. The van der Waals surface area contributed by atoms with E-state index in [4.69, 9.17) is 5.26 Å². The molecule has 1 aromatic heterocycles. The molecule has 0 bridgehead atoms. The van der Waals surface area contributed by atoms with Gasteiger partial charge in [0.25, 0.3) is 0 Å². The van der Waals surface area contributed by atoms with Crippen molar-refractivity contribution in [1.82, 2.24) is 4.98 Å². The largest absolute Gasteiger partial charge is 0.231 e. The molecule has 0 aliphatic carbocycles. The molecular weight excluding hydrogens is 216 g/mol. The molecule has 2 nitrogen and oxygen atoms in total. The zero-order chi connectivity index (χ0) is 11.2. The van der Waals surface area contributed by atoms with E-state index in [1.165, 1.54) is 5.56 Å². The third-order valence-electron chi connectivity index (χ3n) is 2.07. The van der Waals surface area contributed by atoms with Crippen molar-refractivity contribution in [2.75, 3.05) is 0 Å². The minimum Gasteiger partial charge on any atom is -0.231 e. The molecule has 3 heteroatoms.